The van der Waals surface area contributed by atoms with E-state index in [2.05, 4.69) is 71.8 Å². The molecule has 44 heavy (non-hydrogen) atoms. The van der Waals surface area contributed by atoms with E-state index in [4.69, 9.17) is 24.4 Å². The summed E-state index contributed by atoms with van der Waals surface area (Å²) in [5.74, 6) is 1.13. The molecule has 0 aliphatic carbocycles. The zero-order chi connectivity index (χ0) is 31.0. The van der Waals surface area contributed by atoms with Crippen LogP contribution in [0.25, 0.3) is 21.9 Å². The van der Waals surface area contributed by atoms with Crippen molar-refractivity contribution in [3.8, 4) is 5.88 Å². The van der Waals surface area contributed by atoms with Gasteiger partial charge in [0.05, 0.1) is 31.6 Å². The zero-order valence-corrected chi connectivity index (χ0v) is 26.9. The summed E-state index contributed by atoms with van der Waals surface area (Å²) in [5, 5.41) is 2.54. The molecule has 10 nitrogen and oxygen atoms in total. The van der Waals surface area contributed by atoms with Crippen molar-refractivity contribution in [3.05, 3.63) is 53.9 Å². The van der Waals surface area contributed by atoms with Gasteiger partial charge in [-0.25, -0.2) is 9.78 Å². The second-order valence-electron chi connectivity index (χ2n) is 13.3. The normalized spacial score (nSPS) is 18.5. The summed E-state index contributed by atoms with van der Waals surface area (Å²) in [6, 6.07) is 13.1. The number of ether oxygens (including phenoxy) is 2. The van der Waals surface area contributed by atoms with Gasteiger partial charge in [-0.3, -0.25) is 4.90 Å². The highest BCUT2D eigenvalue weighted by Gasteiger charge is 2.45. The van der Waals surface area contributed by atoms with Gasteiger partial charge in [-0.05, 0) is 82.4 Å². The maximum atomic E-state index is 13.1. The lowest BCUT2D eigenvalue weighted by Crippen LogP contribution is -2.57. The van der Waals surface area contributed by atoms with Crippen molar-refractivity contribution < 1.29 is 14.3 Å². The van der Waals surface area contributed by atoms with Crippen LogP contribution in [0, 0.1) is 0 Å². The lowest BCUT2D eigenvalue weighted by molar-refractivity contribution is 0.0122. The first-order valence-electron chi connectivity index (χ1n) is 15.9. The number of benzene rings is 2. The third kappa shape index (κ3) is 6.18. The first-order chi connectivity index (χ1) is 21.1. The molecule has 234 valence electrons. The van der Waals surface area contributed by atoms with E-state index >= 15 is 0 Å². The SMILES string of the molecule is CCc1cccc2cccc(Cn3cnc4c(OCCCN(C)C)nc(N5C[C@H]6CC[C@@H](C5)N6C(=O)OC(C)(C)C)nc43)c12. The Hall–Kier alpha value is -3.92. The number of rotatable bonds is 9. The Labute approximate surface area is 260 Å². The van der Waals surface area contributed by atoms with Gasteiger partial charge < -0.3 is 23.8 Å². The summed E-state index contributed by atoms with van der Waals surface area (Å²) in [7, 11) is 4.12. The van der Waals surface area contributed by atoms with Gasteiger partial charge in [-0.1, -0.05) is 43.3 Å². The number of fused-ring (bicyclic) bond motifs is 4. The molecule has 0 spiro atoms. The van der Waals surface area contributed by atoms with Crippen LogP contribution < -0.4 is 9.64 Å². The molecule has 2 fully saturated rings. The monoisotopic (exact) mass is 599 g/mol. The van der Waals surface area contributed by atoms with Crippen LogP contribution >= 0.6 is 0 Å². The quantitative estimate of drug-likeness (QED) is 0.233. The Bertz CT molecular complexity index is 1620. The number of hydrogen-bond donors (Lipinski definition) is 0. The average molecular weight is 600 g/mol. The maximum Gasteiger partial charge on any atom is 0.410 e. The van der Waals surface area contributed by atoms with E-state index in [1.165, 1.54) is 21.9 Å². The Kier molecular flexibility index (Phi) is 8.37. The van der Waals surface area contributed by atoms with Crippen LogP contribution in [0.2, 0.25) is 0 Å². The van der Waals surface area contributed by atoms with E-state index in [0.29, 0.717) is 43.6 Å². The molecule has 0 saturated carbocycles. The molecular weight excluding hydrogens is 554 g/mol. The second-order valence-corrected chi connectivity index (χ2v) is 13.3. The number of carbonyl (C=O) groups is 1. The molecule has 2 saturated heterocycles. The number of imidazole rings is 1. The number of hydrogen-bond acceptors (Lipinski definition) is 8. The number of aromatic nitrogens is 4. The van der Waals surface area contributed by atoms with Gasteiger partial charge in [0.15, 0.2) is 11.2 Å². The van der Waals surface area contributed by atoms with Gasteiger partial charge in [0.2, 0.25) is 11.8 Å². The predicted molar refractivity (Wildman–Crippen MR) is 174 cm³/mol. The van der Waals surface area contributed by atoms with Crippen LogP contribution in [-0.2, 0) is 17.7 Å². The average Bonchev–Trinajstić information content (AvgIpc) is 3.51. The molecule has 2 aromatic carbocycles. The van der Waals surface area contributed by atoms with Crippen LogP contribution in [0.4, 0.5) is 10.7 Å². The first kappa shape index (κ1) is 30.1. The lowest BCUT2D eigenvalue weighted by atomic mass is 9.98. The molecule has 6 rings (SSSR count). The number of anilines is 1. The van der Waals surface area contributed by atoms with E-state index in [9.17, 15) is 4.79 Å². The van der Waals surface area contributed by atoms with E-state index < -0.39 is 5.60 Å². The summed E-state index contributed by atoms with van der Waals surface area (Å²) < 4.78 is 14.2. The second kappa shape index (κ2) is 12.2. The molecule has 4 heterocycles. The molecule has 0 radical (unpaired) electrons. The first-order valence-corrected chi connectivity index (χ1v) is 15.9. The van der Waals surface area contributed by atoms with Crippen molar-refractivity contribution >= 4 is 34.0 Å². The molecular formula is C34H45N7O3. The minimum atomic E-state index is -0.527. The topological polar surface area (TPSA) is 88.9 Å². The molecule has 10 heteroatoms. The Balaban J connectivity index is 1.33. The van der Waals surface area contributed by atoms with E-state index in [1.54, 1.807) is 0 Å². The molecule has 1 amide bonds. The van der Waals surface area contributed by atoms with Crippen molar-refractivity contribution in [1.82, 2.24) is 29.3 Å². The van der Waals surface area contributed by atoms with Crippen LogP contribution in [0.3, 0.4) is 0 Å². The smallest absolute Gasteiger partial charge is 0.410 e. The largest absolute Gasteiger partial charge is 0.476 e. The van der Waals surface area contributed by atoms with Crippen molar-refractivity contribution in [1.29, 1.82) is 0 Å². The molecule has 0 unspecified atom stereocenters. The zero-order valence-electron chi connectivity index (χ0n) is 26.9. The van der Waals surface area contributed by atoms with Crippen molar-refractivity contribution in [2.45, 2.75) is 77.6 Å². The van der Waals surface area contributed by atoms with Crippen molar-refractivity contribution in [3.63, 3.8) is 0 Å². The van der Waals surface area contributed by atoms with Gasteiger partial charge >= 0.3 is 6.09 Å². The van der Waals surface area contributed by atoms with E-state index in [1.807, 2.05) is 32.0 Å². The number of carbonyl (C=O) groups excluding carboxylic acids is 1. The minimum Gasteiger partial charge on any atom is -0.476 e. The van der Waals surface area contributed by atoms with Gasteiger partial charge in [-0.2, -0.15) is 9.97 Å². The highest BCUT2D eigenvalue weighted by Crippen LogP contribution is 2.35. The minimum absolute atomic E-state index is 0.0559. The van der Waals surface area contributed by atoms with Crippen molar-refractivity contribution in [2.24, 2.45) is 0 Å². The Morgan fingerprint density at radius 1 is 1.02 bits per heavy atom. The fourth-order valence-corrected chi connectivity index (χ4v) is 6.61. The lowest BCUT2D eigenvalue weighted by Gasteiger charge is -2.41. The van der Waals surface area contributed by atoms with Crippen molar-refractivity contribution in [2.75, 3.05) is 45.2 Å². The number of amides is 1. The Morgan fingerprint density at radius 2 is 1.73 bits per heavy atom. The van der Waals surface area contributed by atoms with Gasteiger partial charge in [-0.15, -0.1) is 0 Å². The van der Waals surface area contributed by atoms with Gasteiger partial charge in [0.1, 0.15) is 5.60 Å². The molecule has 2 aliphatic rings. The van der Waals surface area contributed by atoms with Crippen LogP contribution in [0.15, 0.2) is 42.7 Å². The number of aryl methyl sites for hydroxylation is 1. The Morgan fingerprint density at radius 3 is 2.39 bits per heavy atom. The van der Waals surface area contributed by atoms with Gasteiger partial charge in [0.25, 0.3) is 0 Å². The molecule has 2 bridgehead atoms. The molecule has 2 aliphatic heterocycles. The number of piperazine rings is 1. The third-order valence-corrected chi connectivity index (χ3v) is 8.58. The summed E-state index contributed by atoms with van der Waals surface area (Å²) in [6.45, 7) is 11.3. The molecule has 2 atom stereocenters. The maximum absolute atomic E-state index is 13.1. The summed E-state index contributed by atoms with van der Waals surface area (Å²) in [4.78, 5) is 34.2. The fourth-order valence-electron chi connectivity index (χ4n) is 6.61. The summed E-state index contributed by atoms with van der Waals surface area (Å²) >= 11 is 0. The molecule has 2 aromatic heterocycles. The van der Waals surface area contributed by atoms with Gasteiger partial charge in [0, 0.05) is 19.6 Å². The standard InChI is InChI=1S/C34H45N7O3/c1-7-23-11-8-12-24-13-9-14-25(28(23)24)19-40-22-35-29-30(40)36-32(37-31(29)43-18-10-17-38(5)6)39-20-26-15-16-27(21-39)41(26)33(42)44-34(2,3)4/h8-9,11-14,22,26-27H,7,10,15-21H2,1-6H3/t26-,27+. The predicted octanol–water partition coefficient (Wildman–Crippen LogP) is 5.51. The molecule has 0 N–H and O–H groups in total. The number of nitrogens with zero attached hydrogens (tertiary/aromatic N) is 7. The van der Waals surface area contributed by atoms with E-state index in [-0.39, 0.29) is 18.2 Å². The third-order valence-electron chi connectivity index (χ3n) is 8.58. The highest BCUT2D eigenvalue weighted by molar-refractivity contribution is 5.89. The van der Waals surface area contributed by atoms with E-state index in [0.717, 1.165) is 37.9 Å². The van der Waals surface area contributed by atoms with Crippen LogP contribution in [0.5, 0.6) is 5.88 Å². The summed E-state index contributed by atoms with van der Waals surface area (Å²) in [6.07, 6.45) is 5.35. The summed E-state index contributed by atoms with van der Waals surface area (Å²) in [5.41, 5.74) is 3.47. The van der Waals surface area contributed by atoms with Crippen LogP contribution in [0.1, 0.15) is 58.1 Å². The van der Waals surface area contributed by atoms with Crippen LogP contribution in [-0.4, -0.2) is 93.4 Å². The highest BCUT2D eigenvalue weighted by atomic mass is 16.6. The molecule has 4 aromatic rings. The fraction of sp³-hybridized carbons (Fsp3) is 0.529.